The molecule has 2 nitrogen and oxygen atoms in total. The molecule has 0 saturated heterocycles. The number of nitrogens with zero attached hydrogens (tertiary/aromatic N) is 1. The molecule has 0 unspecified atom stereocenters. The predicted molar refractivity (Wildman–Crippen MR) is 73.5 cm³/mol. The van der Waals surface area contributed by atoms with Gasteiger partial charge in [0, 0.05) is 11.1 Å². The molecule has 1 N–H and O–H groups in total. The van der Waals surface area contributed by atoms with Crippen LogP contribution < -0.4 is 5.32 Å². The Kier molecular flexibility index (Phi) is 3.75. The highest BCUT2D eigenvalue weighted by Crippen LogP contribution is 2.22. The number of hydrogen-bond acceptors (Lipinski definition) is 2. The Labute approximate surface area is 103 Å². The SMILES string of the molecule is CNCCCc1cccc2c(C)cc(C)nc12. The Balaban J connectivity index is 2.42. The third-order valence-electron chi connectivity index (χ3n) is 3.13. The summed E-state index contributed by atoms with van der Waals surface area (Å²) in [6.45, 7) is 5.28. The summed E-state index contributed by atoms with van der Waals surface area (Å²) < 4.78 is 0. The second-order valence-corrected chi connectivity index (χ2v) is 4.60. The maximum absolute atomic E-state index is 4.69. The molecule has 17 heavy (non-hydrogen) atoms. The highest BCUT2D eigenvalue weighted by Gasteiger charge is 2.05. The molecule has 1 heterocycles. The molecule has 0 radical (unpaired) electrons. The standard InChI is InChI=1S/C15H20N2/c1-11-10-12(2)17-15-13(7-5-9-16-3)6-4-8-14(11)15/h4,6,8,10,16H,5,7,9H2,1-3H3. The van der Waals surface area contributed by atoms with E-state index in [1.807, 2.05) is 7.05 Å². The molecule has 1 aromatic carbocycles. The second-order valence-electron chi connectivity index (χ2n) is 4.60. The van der Waals surface area contributed by atoms with E-state index in [1.165, 1.54) is 22.0 Å². The van der Waals surface area contributed by atoms with Crippen molar-refractivity contribution in [1.29, 1.82) is 0 Å². The summed E-state index contributed by atoms with van der Waals surface area (Å²) in [5, 5.41) is 4.48. The Hall–Kier alpha value is -1.41. The summed E-state index contributed by atoms with van der Waals surface area (Å²) in [6, 6.07) is 8.66. The molecule has 0 amide bonds. The third kappa shape index (κ3) is 2.64. The lowest BCUT2D eigenvalue weighted by atomic mass is 10.0. The van der Waals surface area contributed by atoms with E-state index in [2.05, 4.69) is 43.4 Å². The van der Waals surface area contributed by atoms with Crippen molar-refractivity contribution in [1.82, 2.24) is 10.3 Å². The summed E-state index contributed by atoms with van der Waals surface area (Å²) >= 11 is 0. The Morgan fingerprint density at radius 3 is 2.82 bits per heavy atom. The van der Waals surface area contributed by atoms with Crippen molar-refractivity contribution < 1.29 is 0 Å². The van der Waals surface area contributed by atoms with Crippen LogP contribution in [0.2, 0.25) is 0 Å². The quantitative estimate of drug-likeness (QED) is 0.814. The van der Waals surface area contributed by atoms with Crippen molar-refractivity contribution in [2.24, 2.45) is 0 Å². The maximum Gasteiger partial charge on any atom is 0.0739 e. The van der Waals surface area contributed by atoms with Crippen LogP contribution in [0.25, 0.3) is 10.9 Å². The first kappa shape index (κ1) is 12.1. The number of nitrogens with one attached hydrogen (secondary N) is 1. The molecule has 2 heteroatoms. The third-order valence-corrected chi connectivity index (χ3v) is 3.13. The first-order valence-electron chi connectivity index (χ1n) is 6.23. The van der Waals surface area contributed by atoms with Gasteiger partial charge in [-0.2, -0.15) is 0 Å². The van der Waals surface area contributed by atoms with Crippen molar-refractivity contribution in [3.8, 4) is 0 Å². The zero-order valence-electron chi connectivity index (χ0n) is 10.9. The van der Waals surface area contributed by atoms with Crippen LogP contribution in [-0.2, 0) is 6.42 Å². The fourth-order valence-electron chi connectivity index (χ4n) is 2.30. The Morgan fingerprint density at radius 2 is 2.06 bits per heavy atom. The monoisotopic (exact) mass is 228 g/mol. The van der Waals surface area contributed by atoms with Gasteiger partial charge in [-0.3, -0.25) is 4.98 Å². The van der Waals surface area contributed by atoms with Crippen LogP contribution >= 0.6 is 0 Å². The number of aromatic nitrogens is 1. The van der Waals surface area contributed by atoms with Gasteiger partial charge in [0.15, 0.2) is 0 Å². The average Bonchev–Trinajstić information content (AvgIpc) is 2.30. The van der Waals surface area contributed by atoms with Crippen LogP contribution in [0.1, 0.15) is 23.2 Å². The van der Waals surface area contributed by atoms with Crippen molar-refractivity contribution >= 4 is 10.9 Å². The number of fused-ring (bicyclic) bond motifs is 1. The molecule has 2 rings (SSSR count). The molecular formula is C15H20N2. The summed E-state index contributed by atoms with van der Waals surface area (Å²) in [5.41, 5.74) is 4.98. The van der Waals surface area contributed by atoms with Gasteiger partial charge in [0.1, 0.15) is 0 Å². The molecule has 2 aromatic rings. The van der Waals surface area contributed by atoms with Gasteiger partial charge < -0.3 is 5.32 Å². The molecule has 0 atom stereocenters. The zero-order chi connectivity index (χ0) is 12.3. The number of benzene rings is 1. The number of pyridine rings is 1. The Bertz CT molecular complexity index is 518. The van der Waals surface area contributed by atoms with Crippen LogP contribution in [0.5, 0.6) is 0 Å². The first-order chi connectivity index (χ1) is 8.22. The molecule has 0 aliphatic heterocycles. The van der Waals surface area contributed by atoms with E-state index in [9.17, 15) is 0 Å². The smallest absolute Gasteiger partial charge is 0.0739 e. The van der Waals surface area contributed by atoms with Crippen molar-refractivity contribution in [2.45, 2.75) is 26.7 Å². The minimum atomic E-state index is 1.06. The topological polar surface area (TPSA) is 24.9 Å². The van der Waals surface area contributed by atoms with E-state index < -0.39 is 0 Å². The van der Waals surface area contributed by atoms with Gasteiger partial charge in [-0.25, -0.2) is 0 Å². The van der Waals surface area contributed by atoms with Crippen LogP contribution in [0, 0.1) is 13.8 Å². The lowest BCUT2D eigenvalue weighted by molar-refractivity contribution is 0.726. The molecular weight excluding hydrogens is 208 g/mol. The minimum Gasteiger partial charge on any atom is -0.320 e. The van der Waals surface area contributed by atoms with E-state index in [1.54, 1.807) is 0 Å². The van der Waals surface area contributed by atoms with Crippen molar-refractivity contribution in [3.05, 3.63) is 41.1 Å². The van der Waals surface area contributed by atoms with Gasteiger partial charge >= 0.3 is 0 Å². The van der Waals surface area contributed by atoms with Gasteiger partial charge in [-0.15, -0.1) is 0 Å². The molecule has 0 aliphatic rings. The molecule has 0 bridgehead atoms. The summed E-state index contributed by atoms with van der Waals surface area (Å²) in [6.07, 6.45) is 2.25. The first-order valence-corrected chi connectivity index (χ1v) is 6.23. The average molecular weight is 228 g/mol. The van der Waals surface area contributed by atoms with Gasteiger partial charge in [0.2, 0.25) is 0 Å². The number of para-hydroxylation sites is 1. The summed E-state index contributed by atoms with van der Waals surface area (Å²) in [5.74, 6) is 0. The van der Waals surface area contributed by atoms with Gasteiger partial charge in [0.05, 0.1) is 5.52 Å². The zero-order valence-corrected chi connectivity index (χ0v) is 10.9. The molecule has 0 fully saturated rings. The fraction of sp³-hybridized carbons (Fsp3) is 0.400. The molecule has 0 aliphatic carbocycles. The second kappa shape index (κ2) is 5.28. The summed E-state index contributed by atoms with van der Waals surface area (Å²) in [7, 11) is 2.00. The summed E-state index contributed by atoms with van der Waals surface area (Å²) in [4.78, 5) is 4.69. The van der Waals surface area contributed by atoms with Crippen LogP contribution in [-0.4, -0.2) is 18.6 Å². The molecule has 90 valence electrons. The van der Waals surface area contributed by atoms with E-state index in [-0.39, 0.29) is 0 Å². The maximum atomic E-state index is 4.69. The minimum absolute atomic E-state index is 1.06. The fourth-order valence-corrected chi connectivity index (χ4v) is 2.30. The highest BCUT2D eigenvalue weighted by molar-refractivity contribution is 5.85. The van der Waals surface area contributed by atoms with E-state index in [4.69, 9.17) is 4.98 Å². The normalized spacial score (nSPS) is 11.0. The molecule has 1 aromatic heterocycles. The van der Waals surface area contributed by atoms with Gasteiger partial charge in [-0.1, -0.05) is 18.2 Å². The van der Waals surface area contributed by atoms with Crippen LogP contribution in [0.4, 0.5) is 0 Å². The van der Waals surface area contributed by atoms with E-state index >= 15 is 0 Å². The lowest BCUT2D eigenvalue weighted by Gasteiger charge is -2.09. The van der Waals surface area contributed by atoms with Crippen LogP contribution in [0.15, 0.2) is 24.3 Å². The van der Waals surface area contributed by atoms with Gasteiger partial charge in [-0.05, 0) is 57.5 Å². The molecule has 0 saturated carbocycles. The highest BCUT2D eigenvalue weighted by atomic mass is 14.8. The van der Waals surface area contributed by atoms with Crippen molar-refractivity contribution in [3.63, 3.8) is 0 Å². The van der Waals surface area contributed by atoms with Crippen LogP contribution in [0.3, 0.4) is 0 Å². The Morgan fingerprint density at radius 1 is 1.24 bits per heavy atom. The van der Waals surface area contributed by atoms with Crippen molar-refractivity contribution in [2.75, 3.05) is 13.6 Å². The number of rotatable bonds is 4. The lowest BCUT2D eigenvalue weighted by Crippen LogP contribution is -2.08. The predicted octanol–water partition coefficient (Wildman–Crippen LogP) is 3.00. The largest absolute Gasteiger partial charge is 0.320 e. The number of aryl methyl sites for hydroxylation is 3. The number of hydrogen-bond donors (Lipinski definition) is 1. The van der Waals surface area contributed by atoms with E-state index in [0.717, 1.165) is 25.1 Å². The van der Waals surface area contributed by atoms with Gasteiger partial charge in [0.25, 0.3) is 0 Å². The van der Waals surface area contributed by atoms with E-state index in [0.29, 0.717) is 0 Å². The molecule has 0 spiro atoms.